The van der Waals surface area contributed by atoms with Gasteiger partial charge in [0, 0.05) is 34.4 Å². The number of alkyl halides is 3. The first-order chi connectivity index (χ1) is 15.4. The van der Waals surface area contributed by atoms with Gasteiger partial charge in [0.05, 0.1) is 11.8 Å². The first kappa shape index (κ1) is 23.6. The third kappa shape index (κ3) is 4.10. The van der Waals surface area contributed by atoms with E-state index in [1.54, 1.807) is 38.1 Å². The maximum absolute atomic E-state index is 14.1. The number of likely N-dealkylation sites (tertiary alicyclic amines) is 1. The molecule has 5 nitrogen and oxygen atoms in total. The van der Waals surface area contributed by atoms with Crippen molar-refractivity contribution in [2.75, 3.05) is 0 Å². The summed E-state index contributed by atoms with van der Waals surface area (Å²) in [5.41, 5.74) is -1.75. The third-order valence-corrected chi connectivity index (χ3v) is 6.47. The maximum atomic E-state index is 14.1. The molecule has 2 aromatic carbocycles. The Labute approximate surface area is 198 Å². The van der Waals surface area contributed by atoms with Crippen molar-refractivity contribution in [1.29, 1.82) is 0 Å². The summed E-state index contributed by atoms with van der Waals surface area (Å²) in [6.45, 7) is 3.44. The van der Waals surface area contributed by atoms with Crippen LogP contribution >= 0.6 is 23.2 Å². The van der Waals surface area contributed by atoms with Crippen LogP contribution in [0.2, 0.25) is 10.0 Å². The Bertz CT molecular complexity index is 1130. The summed E-state index contributed by atoms with van der Waals surface area (Å²) >= 11 is 11.9. The number of amides is 2. The van der Waals surface area contributed by atoms with E-state index in [4.69, 9.17) is 28.0 Å². The van der Waals surface area contributed by atoms with Crippen LogP contribution in [0.15, 0.2) is 47.6 Å². The molecule has 1 saturated heterocycles. The lowest BCUT2D eigenvalue weighted by molar-refractivity contribution is -0.275. The molecule has 2 heterocycles. The molecule has 0 aliphatic carbocycles. The van der Waals surface area contributed by atoms with Gasteiger partial charge in [-0.3, -0.25) is 14.5 Å². The molecule has 0 bridgehead atoms. The Morgan fingerprint density at radius 2 is 1.73 bits per heavy atom. The normalized spacial score (nSPS) is 24.2. The molecule has 1 fully saturated rings. The van der Waals surface area contributed by atoms with Crippen LogP contribution in [0.25, 0.3) is 0 Å². The zero-order valence-corrected chi connectivity index (χ0v) is 19.1. The number of nitrogens with zero attached hydrogens (tertiary/aromatic N) is 2. The molecule has 2 aliphatic heterocycles. The lowest BCUT2D eigenvalue weighted by Crippen LogP contribution is -2.42. The fraction of sp³-hybridized carbons (Fsp3) is 0.348. The molecule has 0 radical (unpaired) electrons. The van der Waals surface area contributed by atoms with E-state index in [1.807, 2.05) is 0 Å². The molecule has 2 aromatic rings. The van der Waals surface area contributed by atoms with Crippen LogP contribution in [-0.2, 0) is 20.0 Å². The first-order valence-corrected chi connectivity index (χ1v) is 10.9. The number of rotatable bonds is 4. The summed E-state index contributed by atoms with van der Waals surface area (Å²) in [6.07, 6.45) is -5.18. The van der Waals surface area contributed by atoms with Gasteiger partial charge in [0.2, 0.25) is 11.8 Å². The molecule has 3 atom stereocenters. The number of halogens is 5. The number of carbonyl (C=O) groups is 2. The summed E-state index contributed by atoms with van der Waals surface area (Å²) < 4.78 is 42.4. The van der Waals surface area contributed by atoms with Gasteiger partial charge in [0.25, 0.3) is 5.60 Å². The minimum absolute atomic E-state index is 0.0526. The third-order valence-electron chi connectivity index (χ3n) is 6.04. The number of oxime groups is 1. The van der Waals surface area contributed by atoms with Crippen molar-refractivity contribution >= 4 is 40.7 Å². The maximum Gasteiger partial charge on any atom is 0.435 e. The van der Waals surface area contributed by atoms with Crippen LogP contribution in [-0.4, -0.2) is 28.6 Å². The molecule has 0 spiro atoms. The fourth-order valence-electron chi connectivity index (χ4n) is 4.16. The summed E-state index contributed by atoms with van der Waals surface area (Å²) in [4.78, 5) is 30.7. The van der Waals surface area contributed by atoms with Crippen LogP contribution in [0.3, 0.4) is 0 Å². The topological polar surface area (TPSA) is 59.0 Å². The standard InChI is InChI=1S/C23H19Cl2F3N2O3/c1-12-7-20(31)30(21(12)32)13(2)14-3-5-15(6-4-14)19-11-22(33-29-19,23(26,27)28)16-8-17(24)10-18(25)9-16/h3-6,8-10,12-13H,7,11H2,1-2H3. The van der Waals surface area contributed by atoms with Crippen LogP contribution in [0.4, 0.5) is 13.2 Å². The number of hydrogen-bond donors (Lipinski definition) is 0. The lowest BCUT2D eigenvalue weighted by atomic mass is 9.86. The molecule has 33 heavy (non-hydrogen) atoms. The van der Waals surface area contributed by atoms with E-state index < -0.39 is 24.2 Å². The van der Waals surface area contributed by atoms with Gasteiger partial charge in [-0.25, -0.2) is 0 Å². The molecule has 2 amide bonds. The number of benzene rings is 2. The van der Waals surface area contributed by atoms with Crippen molar-refractivity contribution in [3.8, 4) is 0 Å². The zero-order valence-electron chi connectivity index (χ0n) is 17.6. The highest BCUT2D eigenvalue weighted by Gasteiger charge is 2.62. The van der Waals surface area contributed by atoms with Crippen molar-refractivity contribution < 1.29 is 27.6 Å². The summed E-state index contributed by atoms with van der Waals surface area (Å²) in [6, 6.07) is 9.69. The molecule has 3 unspecified atom stereocenters. The monoisotopic (exact) mass is 498 g/mol. The Morgan fingerprint density at radius 1 is 1.12 bits per heavy atom. The quantitative estimate of drug-likeness (QED) is 0.483. The average Bonchev–Trinajstić information content (AvgIpc) is 3.29. The van der Waals surface area contributed by atoms with Gasteiger partial charge in [-0.15, -0.1) is 0 Å². The molecule has 0 aromatic heterocycles. The van der Waals surface area contributed by atoms with E-state index in [-0.39, 0.29) is 45.5 Å². The largest absolute Gasteiger partial charge is 0.435 e. The highest BCUT2D eigenvalue weighted by Crippen LogP contribution is 2.49. The van der Waals surface area contributed by atoms with E-state index in [0.29, 0.717) is 11.1 Å². The Balaban J connectivity index is 1.59. The highest BCUT2D eigenvalue weighted by atomic mass is 35.5. The highest BCUT2D eigenvalue weighted by molar-refractivity contribution is 6.34. The molecular weight excluding hydrogens is 480 g/mol. The zero-order chi connectivity index (χ0) is 24.1. The molecule has 4 rings (SSSR count). The van der Waals surface area contributed by atoms with Gasteiger partial charge < -0.3 is 4.84 Å². The lowest BCUT2D eigenvalue weighted by Gasteiger charge is -2.29. The summed E-state index contributed by atoms with van der Waals surface area (Å²) in [5, 5.41) is 3.84. The predicted molar refractivity (Wildman–Crippen MR) is 117 cm³/mol. The minimum atomic E-state index is -4.78. The van der Waals surface area contributed by atoms with Crippen molar-refractivity contribution in [3.63, 3.8) is 0 Å². The average molecular weight is 499 g/mol. The molecule has 0 saturated carbocycles. The van der Waals surface area contributed by atoms with Crippen molar-refractivity contribution in [2.45, 2.75) is 44.5 Å². The van der Waals surface area contributed by atoms with Crippen LogP contribution < -0.4 is 0 Å². The second-order valence-corrected chi connectivity index (χ2v) is 9.17. The van der Waals surface area contributed by atoms with Gasteiger partial charge in [0.15, 0.2) is 0 Å². The predicted octanol–water partition coefficient (Wildman–Crippen LogP) is 6.03. The van der Waals surface area contributed by atoms with Crippen LogP contribution in [0.1, 0.15) is 49.4 Å². The summed E-state index contributed by atoms with van der Waals surface area (Å²) in [5.74, 6) is -0.840. The minimum Gasteiger partial charge on any atom is -0.374 e. The van der Waals surface area contributed by atoms with E-state index in [2.05, 4.69) is 5.16 Å². The van der Waals surface area contributed by atoms with Gasteiger partial charge in [-0.2, -0.15) is 13.2 Å². The van der Waals surface area contributed by atoms with Gasteiger partial charge in [-0.1, -0.05) is 59.5 Å². The molecular formula is C23H19Cl2F3N2O3. The molecule has 174 valence electrons. The van der Waals surface area contributed by atoms with Crippen molar-refractivity contribution in [1.82, 2.24) is 4.90 Å². The SMILES string of the molecule is CC1CC(=O)N(C(C)c2ccc(C3=NOC(c4cc(Cl)cc(Cl)c4)(C(F)(F)F)C3)cc2)C1=O. The van der Waals surface area contributed by atoms with Crippen LogP contribution in [0, 0.1) is 5.92 Å². The van der Waals surface area contributed by atoms with Crippen LogP contribution in [0.5, 0.6) is 0 Å². The Kier molecular flexibility index (Phi) is 5.95. The molecule has 0 N–H and O–H groups in total. The number of carbonyl (C=O) groups excluding carboxylic acids is 2. The first-order valence-electron chi connectivity index (χ1n) is 10.2. The van der Waals surface area contributed by atoms with Crippen molar-refractivity contribution in [2.24, 2.45) is 11.1 Å². The van der Waals surface area contributed by atoms with Gasteiger partial charge in [0.1, 0.15) is 0 Å². The number of hydrogen-bond acceptors (Lipinski definition) is 4. The molecule has 2 aliphatic rings. The van der Waals surface area contributed by atoms with E-state index in [9.17, 15) is 22.8 Å². The van der Waals surface area contributed by atoms with Crippen molar-refractivity contribution in [3.05, 3.63) is 69.2 Å². The van der Waals surface area contributed by atoms with Gasteiger partial charge in [-0.05, 0) is 36.2 Å². The van der Waals surface area contributed by atoms with E-state index >= 15 is 0 Å². The second-order valence-electron chi connectivity index (χ2n) is 8.29. The van der Waals surface area contributed by atoms with E-state index in [1.165, 1.54) is 11.0 Å². The second kappa shape index (κ2) is 8.33. The molecule has 10 heteroatoms. The Hall–Kier alpha value is -2.58. The summed E-state index contributed by atoms with van der Waals surface area (Å²) in [7, 11) is 0. The fourth-order valence-corrected chi connectivity index (χ4v) is 4.69. The smallest absolute Gasteiger partial charge is 0.374 e. The number of imide groups is 1. The van der Waals surface area contributed by atoms with E-state index in [0.717, 1.165) is 12.1 Å². The van der Waals surface area contributed by atoms with Gasteiger partial charge >= 0.3 is 6.18 Å². The Morgan fingerprint density at radius 3 is 2.24 bits per heavy atom.